The Morgan fingerprint density at radius 2 is 1.95 bits per heavy atom. The Kier molecular flexibility index (Phi) is 5.81. The highest BCUT2D eigenvalue weighted by molar-refractivity contribution is 5.95. The first-order valence-electron chi connectivity index (χ1n) is 7.07. The van der Waals surface area contributed by atoms with E-state index >= 15 is 0 Å². The second-order valence-electron chi connectivity index (χ2n) is 5.22. The fourth-order valence-electron chi connectivity index (χ4n) is 2.42. The first-order chi connectivity index (χ1) is 9.81. The summed E-state index contributed by atoms with van der Waals surface area (Å²) in [6, 6.07) is 1.99. The third-order valence-electron chi connectivity index (χ3n) is 3.81. The molecular formula is C15H21FN2O3. The molecule has 1 amide bonds. The number of rotatable bonds is 6. The fourth-order valence-corrected chi connectivity index (χ4v) is 2.42. The monoisotopic (exact) mass is 296 g/mol. The van der Waals surface area contributed by atoms with E-state index in [1.54, 1.807) is 0 Å². The van der Waals surface area contributed by atoms with Gasteiger partial charge in [0.25, 0.3) is 11.6 Å². The number of halogens is 1. The van der Waals surface area contributed by atoms with Gasteiger partial charge in [-0.25, -0.2) is 4.39 Å². The third-order valence-corrected chi connectivity index (χ3v) is 3.81. The van der Waals surface area contributed by atoms with Crippen molar-refractivity contribution in [3.05, 3.63) is 39.2 Å². The molecule has 0 spiro atoms. The number of non-ortho nitro benzene ring substituents is 1. The van der Waals surface area contributed by atoms with Crippen LogP contribution in [0.15, 0.2) is 12.1 Å². The van der Waals surface area contributed by atoms with Crippen LogP contribution in [0.1, 0.15) is 49.5 Å². The number of aryl methyl sites for hydroxylation is 1. The average molecular weight is 296 g/mol. The predicted octanol–water partition coefficient (Wildman–Crippen LogP) is 3.60. The molecule has 0 fully saturated rings. The Hall–Kier alpha value is -1.98. The minimum Gasteiger partial charge on any atom is -0.349 e. The zero-order valence-electron chi connectivity index (χ0n) is 12.8. The van der Waals surface area contributed by atoms with Gasteiger partial charge in [-0.05, 0) is 25.3 Å². The van der Waals surface area contributed by atoms with E-state index in [1.165, 1.54) is 6.92 Å². The number of nitrogens with zero attached hydrogens (tertiary/aromatic N) is 1. The van der Waals surface area contributed by atoms with Crippen molar-refractivity contribution in [2.75, 3.05) is 0 Å². The number of hydrogen-bond acceptors (Lipinski definition) is 3. The summed E-state index contributed by atoms with van der Waals surface area (Å²) in [6.45, 7) is 7.31. The quantitative estimate of drug-likeness (QED) is 0.644. The number of benzene rings is 1. The number of nitro benzene ring substituents is 1. The first kappa shape index (κ1) is 17.1. The molecule has 0 bridgehead atoms. The van der Waals surface area contributed by atoms with Gasteiger partial charge < -0.3 is 5.32 Å². The molecule has 0 saturated heterocycles. The molecule has 5 nitrogen and oxygen atoms in total. The van der Waals surface area contributed by atoms with Gasteiger partial charge in [0.15, 0.2) is 0 Å². The van der Waals surface area contributed by atoms with E-state index in [0.29, 0.717) is 0 Å². The van der Waals surface area contributed by atoms with Crippen LogP contribution in [0.5, 0.6) is 0 Å². The molecule has 0 heterocycles. The van der Waals surface area contributed by atoms with Gasteiger partial charge in [0.2, 0.25) is 0 Å². The largest absolute Gasteiger partial charge is 0.349 e. The lowest BCUT2D eigenvalue weighted by atomic mass is 9.95. The number of nitro groups is 1. The van der Waals surface area contributed by atoms with Crippen LogP contribution in [0.4, 0.5) is 10.1 Å². The van der Waals surface area contributed by atoms with Crippen LogP contribution < -0.4 is 5.32 Å². The van der Waals surface area contributed by atoms with Gasteiger partial charge in [-0.3, -0.25) is 14.9 Å². The maximum absolute atomic E-state index is 14.0. The third kappa shape index (κ3) is 4.00. The molecule has 1 aromatic rings. The van der Waals surface area contributed by atoms with Crippen molar-refractivity contribution in [1.29, 1.82) is 0 Å². The lowest BCUT2D eigenvalue weighted by molar-refractivity contribution is -0.385. The van der Waals surface area contributed by atoms with Crippen molar-refractivity contribution in [3.63, 3.8) is 0 Å². The van der Waals surface area contributed by atoms with Gasteiger partial charge in [0, 0.05) is 18.2 Å². The van der Waals surface area contributed by atoms with Gasteiger partial charge in [-0.1, -0.05) is 26.7 Å². The highest BCUT2D eigenvalue weighted by Gasteiger charge is 2.22. The molecule has 116 valence electrons. The minimum atomic E-state index is -0.713. The van der Waals surface area contributed by atoms with E-state index in [4.69, 9.17) is 0 Å². The van der Waals surface area contributed by atoms with Crippen molar-refractivity contribution in [2.45, 2.75) is 46.6 Å². The summed E-state index contributed by atoms with van der Waals surface area (Å²) in [5, 5.41) is 13.5. The van der Waals surface area contributed by atoms with Crippen LogP contribution in [-0.2, 0) is 0 Å². The van der Waals surface area contributed by atoms with Crippen LogP contribution in [0, 0.1) is 28.8 Å². The van der Waals surface area contributed by atoms with Crippen LogP contribution in [0.25, 0.3) is 0 Å². The van der Waals surface area contributed by atoms with E-state index in [0.717, 1.165) is 25.0 Å². The average Bonchev–Trinajstić information content (AvgIpc) is 2.42. The highest BCUT2D eigenvalue weighted by atomic mass is 19.1. The summed E-state index contributed by atoms with van der Waals surface area (Å²) in [6.07, 6.45) is 1.79. The second-order valence-corrected chi connectivity index (χ2v) is 5.22. The Bertz CT molecular complexity index is 542. The zero-order valence-corrected chi connectivity index (χ0v) is 12.8. The molecular weight excluding hydrogens is 275 g/mol. The summed E-state index contributed by atoms with van der Waals surface area (Å²) in [5.41, 5.74) is -0.474. The Morgan fingerprint density at radius 1 is 1.38 bits per heavy atom. The van der Waals surface area contributed by atoms with Gasteiger partial charge >= 0.3 is 0 Å². The minimum absolute atomic E-state index is 0.0875. The molecule has 1 atom stereocenters. The van der Waals surface area contributed by atoms with Gasteiger partial charge in [-0.15, -0.1) is 0 Å². The molecule has 0 saturated carbocycles. The molecule has 0 aliphatic rings. The van der Waals surface area contributed by atoms with Gasteiger partial charge in [0.1, 0.15) is 5.82 Å². The van der Waals surface area contributed by atoms with Crippen LogP contribution in [0.3, 0.4) is 0 Å². The van der Waals surface area contributed by atoms with E-state index in [1.807, 2.05) is 20.8 Å². The number of amides is 1. The summed E-state index contributed by atoms with van der Waals surface area (Å²) in [5.74, 6) is -1.04. The van der Waals surface area contributed by atoms with Crippen LogP contribution in [-0.4, -0.2) is 16.9 Å². The predicted molar refractivity (Wildman–Crippen MR) is 78.8 cm³/mol. The van der Waals surface area contributed by atoms with Gasteiger partial charge in [-0.2, -0.15) is 0 Å². The number of carbonyl (C=O) groups excluding carboxylic acids is 1. The fraction of sp³-hybridized carbons (Fsp3) is 0.533. The topological polar surface area (TPSA) is 72.2 Å². The van der Waals surface area contributed by atoms with Crippen LogP contribution in [0.2, 0.25) is 0 Å². The zero-order chi connectivity index (χ0) is 16.2. The number of carbonyl (C=O) groups is 1. The maximum Gasteiger partial charge on any atom is 0.270 e. The molecule has 0 aliphatic heterocycles. The van der Waals surface area contributed by atoms with E-state index in [-0.39, 0.29) is 28.8 Å². The second kappa shape index (κ2) is 7.15. The first-order valence-corrected chi connectivity index (χ1v) is 7.07. The standard InChI is InChI=1S/C15H21FN2O3/c1-5-11(6-2)10(4)17-15(19)13-8-12(18(20)21)7-9(3)14(13)16/h7-8,10-11H,5-6H2,1-4H3,(H,17,19). The van der Waals surface area contributed by atoms with Crippen molar-refractivity contribution < 1.29 is 14.1 Å². The molecule has 6 heteroatoms. The smallest absolute Gasteiger partial charge is 0.270 e. The summed E-state index contributed by atoms with van der Waals surface area (Å²) in [7, 11) is 0. The van der Waals surface area contributed by atoms with E-state index < -0.39 is 16.6 Å². The Morgan fingerprint density at radius 3 is 2.43 bits per heavy atom. The molecule has 1 rings (SSSR count). The molecule has 1 N–H and O–H groups in total. The highest BCUT2D eigenvalue weighted by Crippen LogP contribution is 2.21. The number of hydrogen-bond donors (Lipinski definition) is 1. The molecule has 0 aromatic heterocycles. The maximum atomic E-state index is 14.0. The SMILES string of the molecule is CCC(CC)C(C)NC(=O)c1cc([N+](=O)[O-])cc(C)c1F. The van der Waals surface area contributed by atoms with Crippen molar-refractivity contribution in [1.82, 2.24) is 5.32 Å². The molecule has 0 aliphatic carbocycles. The number of nitrogens with one attached hydrogen (secondary N) is 1. The van der Waals surface area contributed by atoms with Crippen molar-refractivity contribution in [3.8, 4) is 0 Å². The Balaban J connectivity index is 3.04. The van der Waals surface area contributed by atoms with E-state index in [9.17, 15) is 19.3 Å². The summed E-state index contributed by atoms with van der Waals surface area (Å²) < 4.78 is 14.0. The van der Waals surface area contributed by atoms with Crippen molar-refractivity contribution >= 4 is 11.6 Å². The lowest BCUT2D eigenvalue weighted by Crippen LogP contribution is -2.38. The molecule has 0 radical (unpaired) electrons. The Labute approximate surface area is 123 Å². The normalized spacial score (nSPS) is 12.3. The molecule has 21 heavy (non-hydrogen) atoms. The van der Waals surface area contributed by atoms with E-state index in [2.05, 4.69) is 5.32 Å². The van der Waals surface area contributed by atoms with Crippen LogP contribution >= 0.6 is 0 Å². The summed E-state index contributed by atoms with van der Waals surface area (Å²) in [4.78, 5) is 22.3. The lowest BCUT2D eigenvalue weighted by Gasteiger charge is -2.22. The summed E-state index contributed by atoms with van der Waals surface area (Å²) >= 11 is 0. The van der Waals surface area contributed by atoms with Crippen molar-refractivity contribution in [2.24, 2.45) is 5.92 Å². The van der Waals surface area contributed by atoms with Gasteiger partial charge in [0.05, 0.1) is 10.5 Å². The molecule has 1 aromatic carbocycles. The molecule has 1 unspecified atom stereocenters.